The fraction of sp³-hybridized carbons (Fsp3) is 0.308. The van der Waals surface area contributed by atoms with Crippen LogP contribution in [0.5, 0.6) is 0 Å². The highest BCUT2D eigenvalue weighted by molar-refractivity contribution is 5.43. The molecule has 1 atom stereocenters. The molecule has 0 aliphatic heterocycles. The van der Waals surface area contributed by atoms with Gasteiger partial charge in [0.25, 0.3) is 5.69 Å². The van der Waals surface area contributed by atoms with Crippen molar-refractivity contribution in [3.8, 4) is 0 Å². The Balaban J connectivity index is 2.06. The summed E-state index contributed by atoms with van der Waals surface area (Å²) in [6, 6.07) is 6.63. The second-order valence-electron chi connectivity index (χ2n) is 4.30. The molecule has 0 saturated heterocycles. The van der Waals surface area contributed by atoms with Crippen LogP contribution in [0.15, 0.2) is 36.7 Å². The standard InChI is InChI=1S/C13H16N4O2/c1-3-16-9-12(8-14-16)15-10(2)11-4-6-13(7-5-11)17(18)19/h4-10,15H,3H2,1-2H3. The van der Waals surface area contributed by atoms with Crippen molar-refractivity contribution in [3.05, 3.63) is 52.3 Å². The lowest BCUT2D eigenvalue weighted by molar-refractivity contribution is -0.384. The van der Waals surface area contributed by atoms with Gasteiger partial charge in [0.05, 0.1) is 16.8 Å². The van der Waals surface area contributed by atoms with E-state index in [1.165, 1.54) is 12.1 Å². The van der Waals surface area contributed by atoms with E-state index < -0.39 is 4.92 Å². The van der Waals surface area contributed by atoms with Crippen LogP contribution in [0.2, 0.25) is 0 Å². The molecule has 0 radical (unpaired) electrons. The van der Waals surface area contributed by atoms with Gasteiger partial charge < -0.3 is 5.32 Å². The fourth-order valence-corrected chi connectivity index (χ4v) is 1.83. The van der Waals surface area contributed by atoms with E-state index in [1.807, 2.05) is 24.7 Å². The van der Waals surface area contributed by atoms with E-state index in [0.717, 1.165) is 17.8 Å². The van der Waals surface area contributed by atoms with Crippen molar-refractivity contribution in [1.29, 1.82) is 0 Å². The Morgan fingerprint density at radius 1 is 1.42 bits per heavy atom. The molecule has 2 rings (SSSR count). The smallest absolute Gasteiger partial charge is 0.269 e. The maximum absolute atomic E-state index is 10.6. The predicted octanol–water partition coefficient (Wildman–Crippen LogP) is 2.98. The fourth-order valence-electron chi connectivity index (χ4n) is 1.83. The number of nitro benzene ring substituents is 1. The quantitative estimate of drug-likeness (QED) is 0.662. The summed E-state index contributed by atoms with van der Waals surface area (Å²) in [7, 11) is 0. The zero-order chi connectivity index (χ0) is 13.8. The van der Waals surface area contributed by atoms with E-state index in [2.05, 4.69) is 10.4 Å². The molecule has 0 fully saturated rings. The summed E-state index contributed by atoms with van der Waals surface area (Å²) in [5, 5.41) is 18.1. The molecule has 0 aliphatic carbocycles. The van der Waals surface area contributed by atoms with Gasteiger partial charge in [-0.25, -0.2) is 0 Å². The molecule has 1 unspecified atom stereocenters. The molecule has 6 nitrogen and oxygen atoms in total. The third kappa shape index (κ3) is 3.09. The van der Waals surface area contributed by atoms with Crippen LogP contribution in [-0.4, -0.2) is 14.7 Å². The maximum atomic E-state index is 10.6. The van der Waals surface area contributed by atoms with Crippen LogP contribution in [0, 0.1) is 10.1 Å². The van der Waals surface area contributed by atoms with Crippen molar-refractivity contribution >= 4 is 11.4 Å². The molecule has 0 saturated carbocycles. The molecule has 1 heterocycles. The molecule has 1 N–H and O–H groups in total. The zero-order valence-electron chi connectivity index (χ0n) is 10.9. The Bertz CT molecular complexity index is 562. The second-order valence-corrected chi connectivity index (χ2v) is 4.30. The van der Waals surface area contributed by atoms with E-state index in [-0.39, 0.29) is 11.7 Å². The molecule has 100 valence electrons. The number of aromatic nitrogens is 2. The molecule has 19 heavy (non-hydrogen) atoms. The van der Waals surface area contributed by atoms with Gasteiger partial charge in [0.2, 0.25) is 0 Å². The lowest BCUT2D eigenvalue weighted by Gasteiger charge is -2.13. The van der Waals surface area contributed by atoms with Crippen molar-refractivity contribution in [1.82, 2.24) is 9.78 Å². The summed E-state index contributed by atoms with van der Waals surface area (Å²) in [5.41, 5.74) is 2.04. The number of nitrogens with one attached hydrogen (secondary N) is 1. The first kappa shape index (κ1) is 13.1. The molecule has 0 spiro atoms. The SMILES string of the molecule is CCn1cc(NC(C)c2ccc([N+](=O)[O-])cc2)cn1. The monoisotopic (exact) mass is 260 g/mol. The van der Waals surface area contributed by atoms with Crippen molar-refractivity contribution in [2.75, 3.05) is 5.32 Å². The predicted molar refractivity (Wildman–Crippen MR) is 73.0 cm³/mol. The van der Waals surface area contributed by atoms with Gasteiger partial charge in [-0.2, -0.15) is 5.10 Å². The van der Waals surface area contributed by atoms with Crippen LogP contribution in [-0.2, 0) is 6.54 Å². The molecular weight excluding hydrogens is 244 g/mol. The summed E-state index contributed by atoms with van der Waals surface area (Å²) in [6.07, 6.45) is 3.70. The third-order valence-corrected chi connectivity index (χ3v) is 2.94. The van der Waals surface area contributed by atoms with E-state index in [4.69, 9.17) is 0 Å². The summed E-state index contributed by atoms with van der Waals surface area (Å²) >= 11 is 0. The number of anilines is 1. The number of non-ortho nitro benzene ring substituents is 1. The van der Waals surface area contributed by atoms with Gasteiger partial charge in [-0.3, -0.25) is 14.8 Å². The number of hydrogen-bond donors (Lipinski definition) is 1. The summed E-state index contributed by atoms with van der Waals surface area (Å²) in [6.45, 7) is 4.86. The number of nitro groups is 1. The van der Waals surface area contributed by atoms with Gasteiger partial charge in [0, 0.05) is 30.9 Å². The first-order valence-corrected chi connectivity index (χ1v) is 6.13. The average Bonchev–Trinajstić information content (AvgIpc) is 2.86. The van der Waals surface area contributed by atoms with Gasteiger partial charge in [-0.05, 0) is 19.4 Å². The summed E-state index contributed by atoms with van der Waals surface area (Å²) < 4.78 is 1.84. The average molecular weight is 260 g/mol. The molecule has 6 heteroatoms. The second kappa shape index (κ2) is 5.51. The molecular formula is C13H16N4O2. The van der Waals surface area contributed by atoms with Crippen molar-refractivity contribution < 1.29 is 4.92 Å². The maximum Gasteiger partial charge on any atom is 0.269 e. The van der Waals surface area contributed by atoms with E-state index >= 15 is 0 Å². The van der Waals surface area contributed by atoms with Gasteiger partial charge in [-0.1, -0.05) is 12.1 Å². The third-order valence-electron chi connectivity index (χ3n) is 2.94. The van der Waals surface area contributed by atoms with Crippen molar-refractivity contribution in [2.24, 2.45) is 0 Å². The Hall–Kier alpha value is -2.37. The number of nitrogens with zero attached hydrogens (tertiary/aromatic N) is 3. The first-order chi connectivity index (χ1) is 9.10. The Kier molecular flexibility index (Phi) is 3.79. The zero-order valence-corrected chi connectivity index (χ0v) is 10.9. The van der Waals surface area contributed by atoms with E-state index in [1.54, 1.807) is 18.3 Å². The Labute approximate surface area is 111 Å². The lowest BCUT2D eigenvalue weighted by atomic mass is 10.1. The molecule has 1 aromatic heterocycles. The van der Waals surface area contributed by atoms with E-state index in [0.29, 0.717) is 0 Å². The number of rotatable bonds is 5. The highest BCUT2D eigenvalue weighted by Crippen LogP contribution is 2.21. The molecule has 0 bridgehead atoms. The largest absolute Gasteiger partial charge is 0.376 e. The minimum absolute atomic E-state index is 0.0651. The van der Waals surface area contributed by atoms with Crippen molar-refractivity contribution in [2.45, 2.75) is 26.4 Å². The number of hydrogen-bond acceptors (Lipinski definition) is 4. The molecule has 1 aromatic carbocycles. The minimum atomic E-state index is -0.396. The van der Waals surface area contributed by atoms with Crippen LogP contribution in [0.25, 0.3) is 0 Å². The van der Waals surface area contributed by atoms with Gasteiger partial charge >= 0.3 is 0 Å². The Morgan fingerprint density at radius 2 is 2.11 bits per heavy atom. The number of benzene rings is 1. The van der Waals surface area contributed by atoms with Crippen LogP contribution in [0.1, 0.15) is 25.5 Å². The molecule has 2 aromatic rings. The lowest BCUT2D eigenvalue weighted by Crippen LogP contribution is -2.06. The van der Waals surface area contributed by atoms with Crippen LogP contribution < -0.4 is 5.32 Å². The van der Waals surface area contributed by atoms with Crippen LogP contribution >= 0.6 is 0 Å². The Morgan fingerprint density at radius 3 is 2.63 bits per heavy atom. The topological polar surface area (TPSA) is 73.0 Å². The minimum Gasteiger partial charge on any atom is -0.376 e. The van der Waals surface area contributed by atoms with Crippen molar-refractivity contribution in [3.63, 3.8) is 0 Å². The highest BCUT2D eigenvalue weighted by Gasteiger charge is 2.09. The molecule has 0 aliphatic rings. The van der Waals surface area contributed by atoms with Crippen LogP contribution in [0.3, 0.4) is 0 Å². The first-order valence-electron chi connectivity index (χ1n) is 6.13. The normalized spacial score (nSPS) is 12.1. The number of aryl methyl sites for hydroxylation is 1. The van der Waals surface area contributed by atoms with Gasteiger partial charge in [0.1, 0.15) is 0 Å². The van der Waals surface area contributed by atoms with Crippen LogP contribution in [0.4, 0.5) is 11.4 Å². The van der Waals surface area contributed by atoms with Gasteiger partial charge in [0.15, 0.2) is 0 Å². The summed E-state index contributed by atoms with van der Waals surface area (Å²) in [4.78, 5) is 10.2. The highest BCUT2D eigenvalue weighted by atomic mass is 16.6. The summed E-state index contributed by atoms with van der Waals surface area (Å²) in [5.74, 6) is 0. The molecule has 0 amide bonds. The van der Waals surface area contributed by atoms with E-state index in [9.17, 15) is 10.1 Å². The van der Waals surface area contributed by atoms with Gasteiger partial charge in [-0.15, -0.1) is 0 Å².